The van der Waals surface area contributed by atoms with Gasteiger partial charge in [0.05, 0.1) is 13.3 Å². The monoisotopic (exact) mass is 209 g/mol. The molecule has 4 heteroatoms. The normalized spacial score (nSPS) is 11.2. The van der Waals surface area contributed by atoms with Crippen LogP contribution in [0.1, 0.15) is 36.8 Å². The second-order valence-corrected chi connectivity index (χ2v) is 4.32. The van der Waals surface area contributed by atoms with Gasteiger partial charge in [0.2, 0.25) is 0 Å². The summed E-state index contributed by atoms with van der Waals surface area (Å²) < 4.78 is 4.93. The van der Waals surface area contributed by atoms with Gasteiger partial charge in [0.1, 0.15) is 5.56 Å². The summed E-state index contributed by atoms with van der Waals surface area (Å²) in [6.07, 6.45) is 1.45. The number of hydrogen-bond acceptors (Lipinski definition) is 3. The highest BCUT2D eigenvalue weighted by Gasteiger charge is 2.20. The molecule has 1 heterocycles. The maximum absolute atomic E-state index is 11.0. The van der Waals surface area contributed by atoms with Gasteiger partial charge in [-0.1, -0.05) is 20.8 Å². The molecule has 15 heavy (non-hydrogen) atoms. The summed E-state index contributed by atoms with van der Waals surface area (Å²) in [4.78, 5) is 15.1. The molecule has 1 aromatic heterocycles. The average Bonchev–Trinajstić information content (AvgIpc) is 2.15. The van der Waals surface area contributed by atoms with Crippen molar-refractivity contribution in [3.8, 4) is 5.75 Å². The summed E-state index contributed by atoms with van der Waals surface area (Å²) in [7, 11) is 1.43. The number of methoxy groups -OCH3 is 1. The maximum atomic E-state index is 11.0. The zero-order chi connectivity index (χ0) is 11.6. The molecule has 0 atom stereocenters. The van der Waals surface area contributed by atoms with Crippen LogP contribution in [0.2, 0.25) is 0 Å². The van der Waals surface area contributed by atoms with E-state index < -0.39 is 5.97 Å². The van der Waals surface area contributed by atoms with Gasteiger partial charge in [0.25, 0.3) is 0 Å². The van der Waals surface area contributed by atoms with Crippen LogP contribution >= 0.6 is 0 Å². The van der Waals surface area contributed by atoms with Crippen molar-refractivity contribution in [3.05, 3.63) is 23.5 Å². The van der Waals surface area contributed by atoms with Gasteiger partial charge in [0, 0.05) is 11.1 Å². The fourth-order valence-electron chi connectivity index (χ4n) is 1.18. The number of ether oxygens (including phenoxy) is 1. The van der Waals surface area contributed by atoms with E-state index in [-0.39, 0.29) is 16.7 Å². The van der Waals surface area contributed by atoms with E-state index >= 15 is 0 Å². The smallest absolute Gasteiger partial charge is 0.339 e. The molecule has 0 saturated carbocycles. The summed E-state index contributed by atoms with van der Waals surface area (Å²) in [5.74, 6) is -0.713. The predicted molar refractivity (Wildman–Crippen MR) is 56.4 cm³/mol. The van der Waals surface area contributed by atoms with Crippen molar-refractivity contribution in [2.75, 3.05) is 7.11 Å². The highest BCUT2D eigenvalue weighted by Crippen LogP contribution is 2.25. The lowest BCUT2D eigenvalue weighted by molar-refractivity contribution is 0.0693. The molecule has 0 aliphatic heterocycles. The first kappa shape index (κ1) is 11.5. The molecule has 0 aromatic carbocycles. The minimum Gasteiger partial charge on any atom is -0.494 e. The van der Waals surface area contributed by atoms with Crippen LogP contribution in [0.5, 0.6) is 5.75 Å². The van der Waals surface area contributed by atoms with E-state index in [9.17, 15) is 4.79 Å². The molecule has 82 valence electrons. The number of aromatic carboxylic acids is 1. The second kappa shape index (κ2) is 3.88. The zero-order valence-electron chi connectivity index (χ0n) is 9.37. The molecule has 0 fully saturated rings. The first-order valence-electron chi connectivity index (χ1n) is 4.64. The number of hydrogen-bond donors (Lipinski definition) is 1. The van der Waals surface area contributed by atoms with Crippen molar-refractivity contribution in [1.29, 1.82) is 0 Å². The number of carboxylic acid groups (broad SMARTS) is 1. The molecule has 0 aliphatic rings. The summed E-state index contributed by atoms with van der Waals surface area (Å²) in [6, 6.07) is 1.56. The molecule has 1 rings (SSSR count). The Balaban J connectivity index is 3.28. The minimum absolute atomic E-state index is 0.150. The van der Waals surface area contributed by atoms with E-state index in [1.165, 1.54) is 13.3 Å². The lowest BCUT2D eigenvalue weighted by atomic mass is 9.91. The van der Waals surface area contributed by atoms with Gasteiger partial charge in [0.15, 0.2) is 5.75 Å². The summed E-state index contributed by atoms with van der Waals surface area (Å²) in [5.41, 5.74) is 0.717. The van der Waals surface area contributed by atoms with Crippen LogP contribution in [0.15, 0.2) is 12.3 Å². The Morgan fingerprint density at radius 1 is 1.47 bits per heavy atom. The van der Waals surface area contributed by atoms with Crippen LogP contribution < -0.4 is 4.74 Å². The summed E-state index contributed by atoms with van der Waals surface area (Å²) >= 11 is 0. The van der Waals surface area contributed by atoms with Crippen LogP contribution in [-0.4, -0.2) is 23.2 Å². The molecule has 1 aromatic rings. The van der Waals surface area contributed by atoms with Crippen molar-refractivity contribution in [2.24, 2.45) is 0 Å². The van der Waals surface area contributed by atoms with Gasteiger partial charge in [-0.3, -0.25) is 4.98 Å². The second-order valence-electron chi connectivity index (χ2n) is 4.32. The highest BCUT2D eigenvalue weighted by atomic mass is 16.5. The fraction of sp³-hybridized carbons (Fsp3) is 0.455. The molecule has 1 N–H and O–H groups in total. The van der Waals surface area contributed by atoms with Crippen LogP contribution in [0.3, 0.4) is 0 Å². The minimum atomic E-state index is -1.00. The van der Waals surface area contributed by atoms with Crippen molar-refractivity contribution >= 4 is 5.97 Å². The van der Waals surface area contributed by atoms with E-state index in [1.54, 1.807) is 6.07 Å². The predicted octanol–water partition coefficient (Wildman–Crippen LogP) is 2.09. The van der Waals surface area contributed by atoms with Gasteiger partial charge >= 0.3 is 5.97 Å². The largest absolute Gasteiger partial charge is 0.494 e. The SMILES string of the molecule is COc1cnc(C(C)(C)C)cc1C(=O)O. The molecular weight excluding hydrogens is 194 g/mol. The molecule has 0 saturated heterocycles. The lowest BCUT2D eigenvalue weighted by Gasteiger charge is -2.18. The third-order valence-electron chi connectivity index (χ3n) is 2.09. The van der Waals surface area contributed by atoms with Crippen molar-refractivity contribution in [3.63, 3.8) is 0 Å². The van der Waals surface area contributed by atoms with Crippen molar-refractivity contribution < 1.29 is 14.6 Å². The Labute approximate surface area is 88.9 Å². The molecule has 0 amide bonds. The third-order valence-corrected chi connectivity index (χ3v) is 2.09. The molecule has 0 aliphatic carbocycles. The van der Waals surface area contributed by atoms with E-state index in [0.29, 0.717) is 0 Å². The van der Waals surface area contributed by atoms with Crippen LogP contribution in [0.25, 0.3) is 0 Å². The molecule has 4 nitrogen and oxygen atoms in total. The average molecular weight is 209 g/mol. The zero-order valence-corrected chi connectivity index (χ0v) is 9.37. The topological polar surface area (TPSA) is 59.4 Å². The number of carbonyl (C=O) groups is 1. The highest BCUT2D eigenvalue weighted by molar-refractivity contribution is 5.90. The number of nitrogens with zero attached hydrogens (tertiary/aromatic N) is 1. The van der Waals surface area contributed by atoms with Crippen molar-refractivity contribution in [1.82, 2.24) is 4.98 Å². The number of rotatable bonds is 2. The van der Waals surface area contributed by atoms with Gasteiger partial charge in [-0.25, -0.2) is 4.79 Å². The van der Waals surface area contributed by atoms with Gasteiger partial charge in [-0.15, -0.1) is 0 Å². The summed E-state index contributed by atoms with van der Waals surface area (Å²) in [6.45, 7) is 5.94. The Morgan fingerprint density at radius 3 is 2.47 bits per heavy atom. The maximum Gasteiger partial charge on any atom is 0.339 e. The summed E-state index contributed by atoms with van der Waals surface area (Å²) in [5, 5.41) is 8.98. The lowest BCUT2D eigenvalue weighted by Crippen LogP contribution is -2.15. The first-order chi connectivity index (χ1) is 6.86. The number of aromatic nitrogens is 1. The van der Waals surface area contributed by atoms with Crippen LogP contribution in [-0.2, 0) is 5.41 Å². The van der Waals surface area contributed by atoms with Crippen LogP contribution in [0.4, 0.5) is 0 Å². The van der Waals surface area contributed by atoms with E-state index in [2.05, 4.69) is 4.98 Å². The standard InChI is InChI=1S/C11H15NO3/c1-11(2,3)9-5-7(10(13)14)8(15-4)6-12-9/h5-6H,1-4H3,(H,13,14). The molecule has 0 radical (unpaired) electrons. The van der Waals surface area contributed by atoms with E-state index in [4.69, 9.17) is 9.84 Å². The van der Waals surface area contributed by atoms with Crippen LogP contribution in [0, 0.1) is 0 Å². The van der Waals surface area contributed by atoms with E-state index in [0.717, 1.165) is 5.69 Å². The van der Waals surface area contributed by atoms with Gasteiger partial charge < -0.3 is 9.84 Å². The van der Waals surface area contributed by atoms with Gasteiger partial charge in [-0.05, 0) is 6.07 Å². The molecule has 0 unspecified atom stereocenters. The molecule has 0 bridgehead atoms. The number of pyridine rings is 1. The Kier molecular flexibility index (Phi) is 2.98. The fourth-order valence-corrected chi connectivity index (χ4v) is 1.18. The quantitative estimate of drug-likeness (QED) is 0.810. The Bertz CT molecular complexity index is 380. The first-order valence-corrected chi connectivity index (χ1v) is 4.64. The third kappa shape index (κ3) is 2.46. The van der Waals surface area contributed by atoms with Crippen molar-refractivity contribution in [2.45, 2.75) is 26.2 Å². The molecule has 0 spiro atoms. The Morgan fingerprint density at radius 2 is 2.07 bits per heavy atom. The Hall–Kier alpha value is -1.58. The van der Waals surface area contributed by atoms with E-state index in [1.807, 2.05) is 20.8 Å². The number of carboxylic acids is 1. The molecular formula is C11H15NO3. The van der Waals surface area contributed by atoms with Gasteiger partial charge in [-0.2, -0.15) is 0 Å².